The molecule has 10 heteroatoms. The number of carboxylic acid groups (broad SMARTS) is 4. The molecule has 0 fully saturated rings. The van der Waals surface area contributed by atoms with Crippen LogP contribution in [0.15, 0.2) is 91.0 Å². The number of carbonyl (C=O) groups is 5. The number of benzene rings is 4. The number of ketones is 1. The second kappa shape index (κ2) is 11.8. The summed E-state index contributed by atoms with van der Waals surface area (Å²) in [7, 11) is 0. The summed E-state index contributed by atoms with van der Waals surface area (Å²) < 4.78 is 5.88. The molecule has 41 heavy (non-hydrogen) atoms. The summed E-state index contributed by atoms with van der Waals surface area (Å²) in [6, 6.07) is 20.4. The number of carbonyl (C=O) groups excluding carboxylic acids is 1. The van der Waals surface area contributed by atoms with E-state index in [9.17, 15) is 44.4 Å². The van der Waals surface area contributed by atoms with Gasteiger partial charge in [-0.05, 0) is 53.6 Å². The van der Waals surface area contributed by atoms with Crippen LogP contribution in [-0.2, 0) is 0 Å². The fourth-order valence-corrected chi connectivity index (χ4v) is 4.02. The first-order valence-corrected chi connectivity index (χ1v) is 11.9. The molecule has 0 unspecified atom stereocenters. The normalized spacial score (nSPS) is 10.7. The summed E-state index contributed by atoms with van der Waals surface area (Å²) in [6.45, 7) is 0. The molecule has 0 spiro atoms. The quantitative estimate of drug-likeness (QED) is 0.138. The van der Waals surface area contributed by atoms with Crippen LogP contribution < -0.4 is 4.74 Å². The summed E-state index contributed by atoms with van der Waals surface area (Å²) in [5.74, 6) is -6.63. The number of aromatic carboxylic acids is 4. The molecule has 0 atom stereocenters. The standard InChI is InChI=1S/C31H20O10/c32-25(18-4-2-1-3-5-18)15-8-17-6-10-20(11-7-17)41-27-21(13-14-23(29(35)36)26(27)31(39)40)19-9-12-22(28(33)34)24(16-19)30(37)38/h1-16H,(H,33,34)(H,35,36)(H,37,38)(H,39,40). The Bertz CT molecular complexity index is 1720. The molecule has 0 radical (unpaired) electrons. The summed E-state index contributed by atoms with van der Waals surface area (Å²) >= 11 is 0. The van der Waals surface area contributed by atoms with Crippen molar-refractivity contribution in [1.82, 2.24) is 0 Å². The highest BCUT2D eigenvalue weighted by Crippen LogP contribution is 2.39. The van der Waals surface area contributed by atoms with Gasteiger partial charge in [-0.1, -0.05) is 54.6 Å². The molecule has 10 nitrogen and oxygen atoms in total. The van der Waals surface area contributed by atoms with E-state index >= 15 is 0 Å². The van der Waals surface area contributed by atoms with Crippen molar-refractivity contribution in [2.45, 2.75) is 0 Å². The lowest BCUT2D eigenvalue weighted by Gasteiger charge is -2.17. The maximum Gasteiger partial charge on any atom is 0.340 e. The third-order valence-corrected chi connectivity index (χ3v) is 5.98. The maximum atomic E-state index is 12.3. The van der Waals surface area contributed by atoms with Crippen LogP contribution in [-0.4, -0.2) is 50.1 Å². The largest absolute Gasteiger partial charge is 0.478 e. The van der Waals surface area contributed by atoms with Crippen LogP contribution in [0.25, 0.3) is 17.2 Å². The first-order valence-electron chi connectivity index (χ1n) is 11.9. The number of hydrogen-bond acceptors (Lipinski definition) is 6. The number of allylic oxidation sites excluding steroid dienone is 1. The Labute approximate surface area is 232 Å². The van der Waals surface area contributed by atoms with Crippen LogP contribution in [0.3, 0.4) is 0 Å². The van der Waals surface area contributed by atoms with Crippen molar-refractivity contribution in [3.05, 3.63) is 124 Å². The Kier molecular flexibility index (Phi) is 8.05. The van der Waals surface area contributed by atoms with Gasteiger partial charge in [-0.15, -0.1) is 0 Å². The monoisotopic (exact) mass is 552 g/mol. The minimum Gasteiger partial charge on any atom is -0.478 e. The second-order valence-electron chi connectivity index (χ2n) is 8.58. The average Bonchev–Trinajstić information content (AvgIpc) is 2.96. The predicted molar refractivity (Wildman–Crippen MR) is 146 cm³/mol. The maximum absolute atomic E-state index is 12.3. The predicted octanol–water partition coefficient (Wildman–Crippen LogP) is 5.83. The summed E-state index contributed by atoms with van der Waals surface area (Å²) in [6.07, 6.45) is 2.97. The molecular formula is C31H20O10. The highest BCUT2D eigenvalue weighted by atomic mass is 16.5. The summed E-state index contributed by atoms with van der Waals surface area (Å²) in [5.41, 5.74) is -1.07. The molecular weight excluding hydrogens is 532 g/mol. The van der Waals surface area contributed by atoms with Gasteiger partial charge in [-0.2, -0.15) is 0 Å². The lowest BCUT2D eigenvalue weighted by atomic mass is 9.94. The molecule has 0 heterocycles. The van der Waals surface area contributed by atoms with E-state index < -0.39 is 46.1 Å². The van der Waals surface area contributed by atoms with Crippen LogP contribution in [0.2, 0.25) is 0 Å². The fraction of sp³-hybridized carbons (Fsp3) is 0. The number of carboxylic acids is 4. The van der Waals surface area contributed by atoms with E-state index in [1.807, 2.05) is 0 Å². The van der Waals surface area contributed by atoms with E-state index in [0.29, 0.717) is 11.1 Å². The SMILES string of the molecule is O=C(C=Cc1ccc(Oc2c(-c3ccc(C(=O)O)c(C(=O)O)c3)ccc(C(=O)O)c2C(=O)O)cc1)c1ccccc1. The Morgan fingerprint density at radius 1 is 0.610 bits per heavy atom. The Balaban J connectivity index is 1.76. The van der Waals surface area contributed by atoms with E-state index in [-0.39, 0.29) is 28.4 Å². The van der Waals surface area contributed by atoms with Crippen molar-refractivity contribution in [3.8, 4) is 22.6 Å². The smallest absolute Gasteiger partial charge is 0.340 e. The van der Waals surface area contributed by atoms with Crippen LogP contribution in [0.5, 0.6) is 11.5 Å². The van der Waals surface area contributed by atoms with E-state index in [2.05, 4.69) is 0 Å². The minimum atomic E-state index is -1.61. The summed E-state index contributed by atoms with van der Waals surface area (Å²) in [4.78, 5) is 59.5. The van der Waals surface area contributed by atoms with Crippen molar-refractivity contribution < 1.29 is 49.1 Å². The fourth-order valence-electron chi connectivity index (χ4n) is 4.02. The first-order chi connectivity index (χ1) is 19.6. The molecule has 0 aliphatic carbocycles. The van der Waals surface area contributed by atoms with Gasteiger partial charge < -0.3 is 25.2 Å². The zero-order chi connectivity index (χ0) is 29.7. The zero-order valence-corrected chi connectivity index (χ0v) is 21.0. The van der Waals surface area contributed by atoms with E-state index in [0.717, 1.165) is 18.2 Å². The average molecular weight is 552 g/mol. The highest BCUT2D eigenvalue weighted by Gasteiger charge is 2.27. The molecule has 4 rings (SSSR count). The molecule has 0 aliphatic heterocycles. The first kappa shape index (κ1) is 28.0. The molecule has 0 aromatic heterocycles. The van der Waals surface area contributed by atoms with Crippen molar-refractivity contribution in [1.29, 1.82) is 0 Å². The molecule has 4 N–H and O–H groups in total. The van der Waals surface area contributed by atoms with Gasteiger partial charge in [0, 0.05) is 11.1 Å². The Morgan fingerprint density at radius 3 is 1.80 bits per heavy atom. The van der Waals surface area contributed by atoms with E-state index in [4.69, 9.17) is 4.74 Å². The molecule has 0 aliphatic rings. The molecule has 4 aromatic carbocycles. The third-order valence-electron chi connectivity index (χ3n) is 5.98. The Hall–Kier alpha value is -6.03. The zero-order valence-electron chi connectivity index (χ0n) is 21.0. The minimum absolute atomic E-state index is 0.0178. The van der Waals surface area contributed by atoms with Gasteiger partial charge in [0.15, 0.2) is 11.5 Å². The third kappa shape index (κ3) is 6.18. The molecule has 204 valence electrons. The topological polar surface area (TPSA) is 176 Å². The summed E-state index contributed by atoms with van der Waals surface area (Å²) in [5, 5.41) is 38.4. The lowest BCUT2D eigenvalue weighted by Crippen LogP contribution is -2.11. The molecule has 0 bridgehead atoms. The van der Waals surface area contributed by atoms with Gasteiger partial charge in [0.1, 0.15) is 11.3 Å². The van der Waals surface area contributed by atoms with Crippen molar-refractivity contribution in [2.24, 2.45) is 0 Å². The lowest BCUT2D eigenvalue weighted by molar-refractivity contribution is 0.0649. The number of ether oxygens (including phenoxy) is 1. The van der Waals surface area contributed by atoms with Crippen molar-refractivity contribution >= 4 is 35.7 Å². The highest BCUT2D eigenvalue weighted by molar-refractivity contribution is 6.07. The van der Waals surface area contributed by atoms with Gasteiger partial charge in [-0.3, -0.25) is 4.79 Å². The van der Waals surface area contributed by atoms with E-state index in [1.54, 1.807) is 48.5 Å². The van der Waals surface area contributed by atoms with Gasteiger partial charge in [0.2, 0.25) is 0 Å². The van der Waals surface area contributed by atoms with Crippen molar-refractivity contribution in [2.75, 3.05) is 0 Å². The van der Waals surface area contributed by atoms with Crippen LogP contribution in [0, 0.1) is 0 Å². The molecule has 4 aromatic rings. The molecule has 0 amide bonds. The van der Waals surface area contributed by atoms with Crippen LogP contribution in [0.4, 0.5) is 0 Å². The second-order valence-corrected chi connectivity index (χ2v) is 8.58. The number of rotatable bonds is 10. The molecule has 0 saturated heterocycles. The Morgan fingerprint density at radius 2 is 1.22 bits per heavy atom. The molecule has 0 saturated carbocycles. The van der Waals surface area contributed by atoms with E-state index in [1.165, 1.54) is 30.3 Å². The van der Waals surface area contributed by atoms with Gasteiger partial charge in [0.25, 0.3) is 0 Å². The van der Waals surface area contributed by atoms with Crippen LogP contribution >= 0.6 is 0 Å². The number of hydrogen-bond donors (Lipinski definition) is 4. The van der Waals surface area contributed by atoms with Gasteiger partial charge in [0.05, 0.1) is 16.7 Å². The van der Waals surface area contributed by atoms with Crippen molar-refractivity contribution in [3.63, 3.8) is 0 Å². The van der Waals surface area contributed by atoms with Crippen LogP contribution in [0.1, 0.15) is 57.4 Å². The van der Waals surface area contributed by atoms with Gasteiger partial charge >= 0.3 is 23.9 Å². The van der Waals surface area contributed by atoms with Gasteiger partial charge in [-0.25, -0.2) is 19.2 Å².